The summed E-state index contributed by atoms with van der Waals surface area (Å²) < 4.78 is 12.5. The van der Waals surface area contributed by atoms with Gasteiger partial charge in [0.1, 0.15) is 6.67 Å². The van der Waals surface area contributed by atoms with E-state index in [1.54, 1.807) is 0 Å². The van der Waals surface area contributed by atoms with Crippen molar-refractivity contribution in [2.75, 3.05) is 0 Å². The van der Waals surface area contributed by atoms with E-state index in [0.717, 1.165) is 17.4 Å². The van der Waals surface area contributed by atoms with E-state index in [2.05, 4.69) is 19.1 Å². The van der Waals surface area contributed by atoms with E-state index >= 15 is 0 Å². The van der Waals surface area contributed by atoms with Crippen molar-refractivity contribution in [2.45, 2.75) is 70.9 Å². The van der Waals surface area contributed by atoms with E-state index in [0.29, 0.717) is 0 Å². The van der Waals surface area contributed by atoms with Gasteiger partial charge in [-0.3, -0.25) is 0 Å². The zero-order valence-electron chi connectivity index (χ0n) is 12.2. The van der Waals surface area contributed by atoms with Crippen molar-refractivity contribution < 1.29 is 4.39 Å². The highest BCUT2D eigenvalue weighted by molar-refractivity contribution is 5.25. The fourth-order valence-electron chi connectivity index (χ4n) is 3.35. The van der Waals surface area contributed by atoms with Crippen molar-refractivity contribution in [2.24, 2.45) is 5.92 Å². The van der Waals surface area contributed by atoms with Crippen molar-refractivity contribution in [1.29, 1.82) is 0 Å². The monoisotopic (exact) mass is 262 g/mol. The van der Waals surface area contributed by atoms with Gasteiger partial charge in [0.25, 0.3) is 0 Å². The maximum Gasteiger partial charge on any atom is 0.115 e. The molecule has 19 heavy (non-hydrogen) atoms. The molecule has 0 amide bonds. The van der Waals surface area contributed by atoms with Crippen LogP contribution in [0.25, 0.3) is 0 Å². The van der Waals surface area contributed by atoms with Gasteiger partial charge in [-0.05, 0) is 48.6 Å². The van der Waals surface area contributed by atoms with Crippen LogP contribution in [-0.4, -0.2) is 0 Å². The minimum absolute atomic E-state index is 0.343. The third-order valence-corrected chi connectivity index (χ3v) is 4.67. The Balaban J connectivity index is 1.78. The van der Waals surface area contributed by atoms with Crippen LogP contribution in [0.5, 0.6) is 0 Å². The summed E-state index contributed by atoms with van der Waals surface area (Å²) in [5.41, 5.74) is 2.22. The molecule has 0 aliphatic heterocycles. The fourth-order valence-corrected chi connectivity index (χ4v) is 3.35. The van der Waals surface area contributed by atoms with Gasteiger partial charge in [-0.15, -0.1) is 0 Å². The number of unbranched alkanes of at least 4 members (excludes halogenated alkanes) is 2. The molecule has 0 saturated heterocycles. The maximum atomic E-state index is 12.5. The smallest absolute Gasteiger partial charge is 0.115 e. The van der Waals surface area contributed by atoms with E-state index in [1.807, 2.05) is 12.1 Å². The molecule has 0 N–H and O–H groups in total. The molecule has 2 rings (SSSR count). The lowest BCUT2D eigenvalue weighted by Crippen LogP contribution is -2.13. The number of halogens is 1. The van der Waals surface area contributed by atoms with Crippen LogP contribution in [0.1, 0.15) is 75.3 Å². The normalized spacial score (nSPS) is 23.5. The fraction of sp³-hybridized carbons (Fsp3) is 0.667. The van der Waals surface area contributed by atoms with Gasteiger partial charge in [-0.25, -0.2) is 4.39 Å². The maximum absolute atomic E-state index is 12.5. The predicted octanol–water partition coefficient (Wildman–Crippen LogP) is 6.01. The van der Waals surface area contributed by atoms with Crippen LogP contribution in [-0.2, 0) is 6.67 Å². The van der Waals surface area contributed by atoms with Gasteiger partial charge in [-0.1, -0.05) is 56.9 Å². The predicted molar refractivity (Wildman–Crippen MR) is 80.1 cm³/mol. The molecule has 1 heteroatoms. The van der Waals surface area contributed by atoms with Crippen LogP contribution in [0.4, 0.5) is 4.39 Å². The van der Waals surface area contributed by atoms with Crippen LogP contribution in [0, 0.1) is 5.92 Å². The van der Waals surface area contributed by atoms with E-state index in [1.165, 1.54) is 56.9 Å². The van der Waals surface area contributed by atoms with Gasteiger partial charge in [0.05, 0.1) is 0 Å². The van der Waals surface area contributed by atoms with Gasteiger partial charge in [0.15, 0.2) is 0 Å². The molecule has 0 atom stereocenters. The van der Waals surface area contributed by atoms with Crippen LogP contribution in [0.2, 0.25) is 0 Å². The van der Waals surface area contributed by atoms with Crippen molar-refractivity contribution in [3.63, 3.8) is 0 Å². The second-order valence-corrected chi connectivity index (χ2v) is 6.09. The SMILES string of the molecule is CCCCCC1CCC(c2ccc(CF)cc2)CC1. The Hall–Kier alpha value is -0.850. The molecule has 106 valence electrons. The Morgan fingerprint density at radius 3 is 2.26 bits per heavy atom. The van der Waals surface area contributed by atoms with Gasteiger partial charge in [-0.2, -0.15) is 0 Å². The Bertz CT molecular complexity index is 346. The lowest BCUT2D eigenvalue weighted by Gasteiger charge is -2.29. The second-order valence-electron chi connectivity index (χ2n) is 6.09. The van der Waals surface area contributed by atoms with Crippen molar-refractivity contribution in [1.82, 2.24) is 0 Å². The van der Waals surface area contributed by atoms with Gasteiger partial charge in [0, 0.05) is 0 Å². The summed E-state index contributed by atoms with van der Waals surface area (Å²) in [4.78, 5) is 0. The Morgan fingerprint density at radius 2 is 1.68 bits per heavy atom. The van der Waals surface area contributed by atoms with E-state index in [-0.39, 0.29) is 6.67 Å². The molecular weight excluding hydrogens is 235 g/mol. The minimum Gasteiger partial charge on any atom is -0.246 e. The van der Waals surface area contributed by atoms with E-state index < -0.39 is 0 Å². The minimum atomic E-state index is -0.343. The highest BCUT2D eigenvalue weighted by Crippen LogP contribution is 2.37. The Morgan fingerprint density at radius 1 is 1.00 bits per heavy atom. The van der Waals surface area contributed by atoms with E-state index in [4.69, 9.17) is 0 Å². The first-order chi connectivity index (χ1) is 9.33. The average Bonchev–Trinajstić information content (AvgIpc) is 2.48. The highest BCUT2D eigenvalue weighted by atomic mass is 19.1. The molecule has 0 unspecified atom stereocenters. The molecule has 0 spiro atoms. The topological polar surface area (TPSA) is 0 Å². The molecular formula is C18H27F. The number of benzene rings is 1. The molecule has 0 radical (unpaired) electrons. The molecule has 1 aromatic rings. The largest absolute Gasteiger partial charge is 0.246 e. The third kappa shape index (κ3) is 4.33. The van der Waals surface area contributed by atoms with Crippen molar-refractivity contribution in [3.8, 4) is 0 Å². The zero-order chi connectivity index (χ0) is 13.5. The lowest BCUT2D eigenvalue weighted by molar-refractivity contribution is 0.303. The number of hydrogen-bond acceptors (Lipinski definition) is 0. The number of alkyl halides is 1. The molecule has 1 aliphatic carbocycles. The lowest BCUT2D eigenvalue weighted by atomic mass is 9.77. The van der Waals surface area contributed by atoms with E-state index in [9.17, 15) is 4.39 Å². The molecule has 1 aromatic carbocycles. The first-order valence-electron chi connectivity index (χ1n) is 7.98. The zero-order valence-corrected chi connectivity index (χ0v) is 12.2. The van der Waals surface area contributed by atoms with Crippen molar-refractivity contribution >= 4 is 0 Å². The molecule has 1 saturated carbocycles. The van der Waals surface area contributed by atoms with Crippen LogP contribution in [0.3, 0.4) is 0 Å². The highest BCUT2D eigenvalue weighted by Gasteiger charge is 2.21. The Kier molecular flexibility index (Phi) is 5.88. The molecule has 0 heterocycles. The molecule has 0 aromatic heterocycles. The number of hydrogen-bond donors (Lipinski definition) is 0. The molecule has 0 bridgehead atoms. The van der Waals surface area contributed by atoms with Gasteiger partial charge < -0.3 is 0 Å². The summed E-state index contributed by atoms with van der Waals surface area (Å²) >= 11 is 0. The van der Waals surface area contributed by atoms with Gasteiger partial charge >= 0.3 is 0 Å². The third-order valence-electron chi connectivity index (χ3n) is 4.67. The summed E-state index contributed by atoms with van der Waals surface area (Å²) in [5, 5.41) is 0. The van der Waals surface area contributed by atoms with Crippen LogP contribution in [0.15, 0.2) is 24.3 Å². The summed E-state index contributed by atoms with van der Waals surface area (Å²) in [6.07, 6.45) is 11.0. The summed E-state index contributed by atoms with van der Waals surface area (Å²) in [6.45, 7) is 1.93. The number of rotatable bonds is 6. The molecule has 0 nitrogen and oxygen atoms in total. The quantitative estimate of drug-likeness (QED) is 0.551. The average molecular weight is 262 g/mol. The van der Waals surface area contributed by atoms with Crippen LogP contribution >= 0.6 is 0 Å². The van der Waals surface area contributed by atoms with Crippen LogP contribution < -0.4 is 0 Å². The summed E-state index contributed by atoms with van der Waals surface area (Å²) in [6, 6.07) is 8.17. The standard InChI is InChI=1S/C18H27F/c1-2-3-4-5-15-6-10-17(11-7-15)18-12-8-16(14-19)9-13-18/h8-9,12-13,15,17H,2-7,10-11,14H2,1H3. The summed E-state index contributed by atoms with van der Waals surface area (Å²) in [5.74, 6) is 1.68. The summed E-state index contributed by atoms with van der Waals surface area (Å²) in [7, 11) is 0. The van der Waals surface area contributed by atoms with Gasteiger partial charge in [0.2, 0.25) is 0 Å². The first kappa shape index (κ1) is 14.6. The molecule has 1 fully saturated rings. The first-order valence-corrected chi connectivity index (χ1v) is 7.98. The Labute approximate surface area is 117 Å². The molecule has 1 aliphatic rings. The second kappa shape index (κ2) is 7.67. The van der Waals surface area contributed by atoms with Crippen molar-refractivity contribution in [3.05, 3.63) is 35.4 Å².